The number of nitro benzene ring substituents is 1. The van der Waals surface area contributed by atoms with Crippen molar-refractivity contribution in [2.45, 2.75) is 39.0 Å². The van der Waals surface area contributed by atoms with Crippen molar-refractivity contribution in [2.24, 2.45) is 5.41 Å². The summed E-state index contributed by atoms with van der Waals surface area (Å²) in [7, 11) is 3.07. The molecule has 0 saturated carbocycles. The van der Waals surface area contributed by atoms with Gasteiger partial charge in [0.2, 0.25) is 5.91 Å². The molecule has 2 aromatic rings. The molecular formula is C25H26N2O6. The van der Waals surface area contributed by atoms with Gasteiger partial charge in [-0.05, 0) is 24.0 Å². The maximum Gasteiger partial charge on any atom is 0.271 e. The van der Waals surface area contributed by atoms with Crippen LogP contribution in [0.5, 0.6) is 11.5 Å². The Morgan fingerprint density at radius 3 is 2.45 bits per heavy atom. The van der Waals surface area contributed by atoms with E-state index < -0.39 is 10.8 Å². The van der Waals surface area contributed by atoms with Gasteiger partial charge in [-0.2, -0.15) is 0 Å². The molecule has 2 aromatic carbocycles. The predicted octanol–water partition coefficient (Wildman–Crippen LogP) is 4.78. The monoisotopic (exact) mass is 450 g/mol. The maximum absolute atomic E-state index is 13.5. The van der Waals surface area contributed by atoms with Crippen molar-refractivity contribution in [1.82, 2.24) is 0 Å². The number of hydrogen-bond acceptors (Lipinski definition) is 6. The first kappa shape index (κ1) is 22.5. The highest BCUT2D eigenvalue weighted by atomic mass is 16.6. The Morgan fingerprint density at radius 1 is 1.06 bits per heavy atom. The normalized spacial score (nSPS) is 19.9. The molecule has 1 heterocycles. The molecule has 1 amide bonds. The van der Waals surface area contributed by atoms with E-state index in [0.29, 0.717) is 46.9 Å². The molecule has 0 radical (unpaired) electrons. The molecule has 0 spiro atoms. The van der Waals surface area contributed by atoms with Crippen LogP contribution in [-0.4, -0.2) is 30.8 Å². The number of non-ortho nitro benzene ring substituents is 1. The summed E-state index contributed by atoms with van der Waals surface area (Å²) in [4.78, 5) is 39.3. The van der Waals surface area contributed by atoms with Crippen LogP contribution in [0.4, 0.5) is 11.4 Å². The lowest BCUT2D eigenvalue weighted by Gasteiger charge is -2.43. The van der Waals surface area contributed by atoms with Crippen LogP contribution in [0.15, 0.2) is 53.7 Å². The van der Waals surface area contributed by atoms with Gasteiger partial charge in [0.1, 0.15) is 0 Å². The average Bonchev–Trinajstić information content (AvgIpc) is 2.76. The highest BCUT2D eigenvalue weighted by molar-refractivity contribution is 6.08. The SMILES string of the molecule is COc1cccc(C2CC(=O)N(c3cccc([N+](=O)[O-])c3)C3=C2C(=O)CC(C)(C)C3)c1OC. The van der Waals surface area contributed by atoms with Gasteiger partial charge in [0.25, 0.3) is 5.69 Å². The van der Waals surface area contributed by atoms with Gasteiger partial charge in [0.05, 0.1) is 24.8 Å². The van der Waals surface area contributed by atoms with E-state index in [0.717, 1.165) is 0 Å². The minimum atomic E-state index is -0.493. The molecule has 8 nitrogen and oxygen atoms in total. The molecule has 0 N–H and O–H groups in total. The Hall–Kier alpha value is -3.68. The quantitative estimate of drug-likeness (QED) is 0.480. The van der Waals surface area contributed by atoms with Crippen LogP contribution in [0, 0.1) is 15.5 Å². The van der Waals surface area contributed by atoms with Crippen molar-refractivity contribution in [3.63, 3.8) is 0 Å². The second-order valence-electron chi connectivity index (χ2n) is 9.15. The molecule has 0 fully saturated rings. The Balaban J connectivity index is 1.94. The summed E-state index contributed by atoms with van der Waals surface area (Å²) in [5, 5.41) is 11.3. The maximum atomic E-state index is 13.5. The van der Waals surface area contributed by atoms with Crippen molar-refractivity contribution in [3.8, 4) is 11.5 Å². The number of carbonyl (C=O) groups is 2. The van der Waals surface area contributed by atoms with Crippen molar-refractivity contribution in [2.75, 3.05) is 19.1 Å². The first-order chi connectivity index (χ1) is 15.7. The molecule has 1 aliphatic carbocycles. The van der Waals surface area contributed by atoms with E-state index in [2.05, 4.69) is 0 Å². The van der Waals surface area contributed by atoms with Gasteiger partial charge in [-0.3, -0.25) is 24.6 Å². The fraction of sp³-hybridized carbons (Fsp3) is 0.360. The molecule has 1 atom stereocenters. The van der Waals surface area contributed by atoms with Crippen LogP contribution >= 0.6 is 0 Å². The van der Waals surface area contributed by atoms with Crippen LogP contribution in [0.25, 0.3) is 0 Å². The first-order valence-electron chi connectivity index (χ1n) is 10.7. The first-order valence-corrected chi connectivity index (χ1v) is 10.7. The molecule has 4 rings (SSSR count). The lowest BCUT2D eigenvalue weighted by atomic mass is 9.69. The highest BCUT2D eigenvalue weighted by Gasteiger charge is 2.45. The standard InChI is InChI=1S/C25H26N2O6/c1-25(2)13-19-23(20(28)14-25)18(17-9-6-10-21(32-3)24(17)33-4)12-22(29)26(19)15-7-5-8-16(11-15)27(30)31/h5-11,18H,12-14H2,1-4H3. The highest BCUT2D eigenvalue weighted by Crippen LogP contribution is 2.50. The van der Waals surface area contributed by atoms with Gasteiger partial charge < -0.3 is 9.47 Å². The zero-order chi connectivity index (χ0) is 23.9. The summed E-state index contributed by atoms with van der Waals surface area (Å²) in [5.41, 5.74) is 1.80. The summed E-state index contributed by atoms with van der Waals surface area (Å²) in [5.74, 6) is 0.269. The summed E-state index contributed by atoms with van der Waals surface area (Å²) in [6, 6.07) is 11.4. The summed E-state index contributed by atoms with van der Waals surface area (Å²) in [6.07, 6.45) is 0.883. The van der Waals surface area contributed by atoms with Crippen molar-refractivity contribution < 1.29 is 24.0 Å². The van der Waals surface area contributed by atoms with Crippen LogP contribution in [-0.2, 0) is 9.59 Å². The van der Waals surface area contributed by atoms with Gasteiger partial charge in [0.15, 0.2) is 17.3 Å². The number of methoxy groups -OCH3 is 2. The number of carbonyl (C=O) groups excluding carboxylic acids is 2. The predicted molar refractivity (Wildman–Crippen MR) is 123 cm³/mol. The lowest BCUT2D eigenvalue weighted by Crippen LogP contribution is -2.43. The Morgan fingerprint density at radius 2 is 1.79 bits per heavy atom. The molecule has 0 bridgehead atoms. The largest absolute Gasteiger partial charge is 0.493 e. The van der Waals surface area contributed by atoms with Crippen LogP contribution in [0.1, 0.15) is 44.6 Å². The molecule has 1 aliphatic heterocycles. The minimum Gasteiger partial charge on any atom is -0.493 e. The van der Waals surface area contributed by atoms with Crippen molar-refractivity contribution >= 4 is 23.1 Å². The molecule has 0 aromatic heterocycles. The van der Waals surface area contributed by atoms with Crippen molar-refractivity contribution in [3.05, 3.63) is 69.4 Å². The van der Waals surface area contributed by atoms with Crippen LogP contribution in [0.3, 0.4) is 0 Å². The Bertz CT molecular complexity index is 1180. The fourth-order valence-corrected chi connectivity index (χ4v) is 4.91. The van der Waals surface area contributed by atoms with E-state index in [1.165, 1.54) is 31.3 Å². The zero-order valence-electron chi connectivity index (χ0n) is 19.1. The summed E-state index contributed by atoms with van der Waals surface area (Å²) >= 11 is 0. The smallest absolute Gasteiger partial charge is 0.271 e. The number of benzene rings is 2. The second-order valence-corrected chi connectivity index (χ2v) is 9.15. The number of nitrogens with zero attached hydrogens (tertiary/aromatic N) is 2. The summed E-state index contributed by atoms with van der Waals surface area (Å²) in [6.45, 7) is 3.97. The van der Waals surface area contributed by atoms with Crippen molar-refractivity contribution in [1.29, 1.82) is 0 Å². The molecular weight excluding hydrogens is 424 g/mol. The minimum absolute atomic E-state index is 0.0287. The fourth-order valence-electron chi connectivity index (χ4n) is 4.91. The van der Waals surface area contributed by atoms with E-state index in [9.17, 15) is 19.7 Å². The number of hydrogen-bond donors (Lipinski definition) is 0. The summed E-state index contributed by atoms with van der Waals surface area (Å²) < 4.78 is 11.0. The lowest BCUT2D eigenvalue weighted by molar-refractivity contribution is -0.384. The van der Waals surface area contributed by atoms with Crippen LogP contribution < -0.4 is 14.4 Å². The van der Waals surface area contributed by atoms with Crippen LogP contribution in [0.2, 0.25) is 0 Å². The van der Waals surface area contributed by atoms with Gasteiger partial charge >= 0.3 is 0 Å². The number of ether oxygens (including phenoxy) is 2. The van der Waals surface area contributed by atoms with Gasteiger partial charge in [-0.15, -0.1) is 0 Å². The molecule has 172 valence electrons. The molecule has 1 unspecified atom stereocenters. The number of rotatable bonds is 5. The van der Waals surface area contributed by atoms with E-state index >= 15 is 0 Å². The number of nitro groups is 1. The van der Waals surface area contributed by atoms with Gasteiger partial charge in [0, 0.05) is 47.7 Å². The molecule has 33 heavy (non-hydrogen) atoms. The number of ketones is 1. The third-order valence-electron chi connectivity index (χ3n) is 6.25. The van der Waals surface area contributed by atoms with E-state index in [1.54, 1.807) is 18.2 Å². The topological polar surface area (TPSA) is 99.0 Å². The third-order valence-corrected chi connectivity index (χ3v) is 6.25. The number of amides is 1. The average molecular weight is 450 g/mol. The molecule has 8 heteroatoms. The van der Waals surface area contributed by atoms with E-state index in [4.69, 9.17) is 9.47 Å². The number of Topliss-reactive ketones (excluding diaryl/α,β-unsaturated/α-hetero) is 1. The number of anilines is 1. The second kappa shape index (κ2) is 8.35. The van der Waals surface area contributed by atoms with Gasteiger partial charge in [-0.1, -0.05) is 32.0 Å². The number of para-hydroxylation sites is 1. The van der Waals surface area contributed by atoms with Gasteiger partial charge in [-0.25, -0.2) is 0 Å². The number of allylic oxidation sites excluding steroid dienone is 2. The molecule has 0 saturated heterocycles. The third kappa shape index (κ3) is 3.97. The molecule has 2 aliphatic rings. The zero-order valence-corrected chi connectivity index (χ0v) is 19.1. The van der Waals surface area contributed by atoms with E-state index in [-0.39, 0.29) is 29.2 Å². The van der Waals surface area contributed by atoms with E-state index in [1.807, 2.05) is 26.0 Å². The Labute approximate surface area is 191 Å². The Kier molecular flexibility index (Phi) is 5.69.